The van der Waals surface area contributed by atoms with Gasteiger partial charge in [-0.1, -0.05) is 6.92 Å². The molecule has 6 nitrogen and oxygen atoms in total. The maximum absolute atomic E-state index is 12.6. The van der Waals surface area contributed by atoms with Gasteiger partial charge in [0.15, 0.2) is 0 Å². The predicted octanol–water partition coefficient (Wildman–Crippen LogP) is 2.38. The van der Waals surface area contributed by atoms with E-state index >= 15 is 0 Å². The number of aryl methyl sites for hydroxylation is 2. The summed E-state index contributed by atoms with van der Waals surface area (Å²) >= 11 is 0. The zero-order valence-electron chi connectivity index (χ0n) is 15.5. The molecule has 1 atom stereocenters. The molecule has 0 aliphatic carbocycles. The summed E-state index contributed by atoms with van der Waals surface area (Å²) in [6, 6.07) is 3.50. The van der Waals surface area contributed by atoms with Crippen molar-refractivity contribution in [1.82, 2.24) is 9.62 Å². The van der Waals surface area contributed by atoms with Crippen molar-refractivity contribution in [2.45, 2.75) is 57.4 Å². The quantitative estimate of drug-likeness (QED) is 0.836. The van der Waals surface area contributed by atoms with E-state index in [1.165, 1.54) is 0 Å². The van der Waals surface area contributed by atoms with E-state index in [1.807, 2.05) is 4.90 Å². The number of ether oxygens (including phenoxy) is 1. The Morgan fingerprint density at radius 2 is 2.00 bits per heavy atom. The van der Waals surface area contributed by atoms with Gasteiger partial charge < -0.3 is 9.64 Å². The number of hydrogen-bond donors (Lipinski definition) is 1. The number of sulfonamides is 1. The molecule has 1 amide bonds. The van der Waals surface area contributed by atoms with Crippen molar-refractivity contribution in [3.05, 3.63) is 23.3 Å². The number of nitrogens with zero attached hydrogens (tertiary/aromatic N) is 1. The molecule has 0 bridgehead atoms. The Labute approximate surface area is 150 Å². The molecule has 1 N–H and O–H groups in total. The molecular formula is C18H28N2O4S. The Balaban J connectivity index is 2.11. The number of carbonyl (C=O) groups is 1. The molecule has 1 fully saturated rings. The first kappa shape index (κ1) is 19.7. The highest BCUT2D eigenvalue weighted by atomic mass is 32.2. The van der Waals surface area contributed by atoms with Crippen molar-refractivity contribution in [3.63, 3.8) is 0 Å². The van der Waals surface area contributed by atoms with Gasteiger partial charge in [0.25, 0.3) is 0 Å². The average molecular weight is 368 g/mol. The van der Waals surface area contributed by atoms with E-state index in [0.29, 0.717) is 17.9 Å². The van der Waals surface area contributed by atoms with E-state index in [2.05, 4.69) is 11.6 Å². The highest BCUT2D eigenvalue weighted by Gasteiger charge is 2.27. The van der Waals surface area contributed by atoms with E-state index in [1.54, 1.807) is 33.1 Å². The second-order valence-electron chi connectivity index (χ2n) is 6.56. The summed E-state index contributed by atoms with van der Waals surface area (Å²) in [5, 5.41) is 0. The monoisotopic (exact) mass is 368 g/mol. The van der Waals surface area contributed by atoms with Crippen LogP contribution in [0.25, 0.3) is 0 Å². The number of methoxy groups -OCH3 is 1. The molecule has 1 heterocycles. The number of hydrogen-bond acceptors (Lipinski definition) is 4. The van der Waals surface area contributed by atoms with Crippen LogP contribution in [0.1, 0.15) is 43.7 Å². The van der Waals surface area contributed by atoms with Gasteiger partial charge in [-0.25, -0.2) is 13.1 Å². The summed E-state index contributed by atoms with van der Waals surface area (Å²) in [5.41, 5.74) is 1.33. The zero-order chi connectivity index (χ0) is 18.6. The molecule has 25 heavy (non-hydrogen) atoms. The third-order valence-electron chi connectivity index (χ3n) is 4.81. The van der Waals surface area contributed by atoms with Gasteiger partial charge in [-0.15, -0.1) is 0 Å². The first-order chi connectivity index (χ1) is 11.8. The summed E-state index contributed by atoms with van der Waals surface area (Å²) in [6.45, 7) is 6.07. The smallest absolute Gasteiger partial charge is 0.241 e. The van der Waals surface area contributed by atoms with Gasteiger partial charge in [-0.05, 0) is 62.8 Å². The van der Waals surface area contributed by atoms with Crippen molar-refractivity contribution in [1.29, 1.82) is 0 Å². The molecule has 2 rings (SSSR count). The van der Waals surface area contributed by atoms with Crippen molar-refractivity contribution in [2.24, 2.45) is 0 Å². The number of piperidine rings is 1. The molecular weight excluding hydrogens is 340 g/mol. The standard InChI is InChI=1S/C18H28N2O4S/c1-5-15-8-6-7-9-20(15)18(21)12-19-25(22,23)17-11-13(2)16(24-4)10-14(17)3/h10-11,15,19H,5-9,12H2,1-4H3. The maximum Gasteiger partial charge on any atom is 0.241 e. The Bertz CT molecular complexity index is 731. The summed E-state index contributed by atoms with van der Waals surface area (Å²) in [4.78, 5) is 14.5. The number of benzene rings is 1. The molecule has 0 saturated carbocycles. The van der Waals surface area contributed by atoms with Gasteiger partial charge in [0.05, 0.1) is 18.6 Å². The molecule has 1 saturated heterocycles. The minimum Gasteiger partial charge on any atom is -0.496 e. The van der Waals surface area contributed by atoms with Gasteiger partial charge in [0.1, 0.15) is 5.75 Å². The molecule has 1 unspecified atom stereocenters. The highest BCUT2D eigenvalue weighted by molar-refractivity contribution is 7.89. The number of carbonyl (C=O) groups excluding carboxylic acids is 1. The zero-order valence-corrected chi connectivity index (χ0v) is 16.3. The molecule has 0 aromatic heterocycles. The minimum absolute atomic E-state index is 0.155. The van der Waals surface area contributed by atoms with Crippen LogP contribution in [0.2, 0.25) is 0 Å². The van der Waals surface area contributed by atoms with Crippen molar-refractivity contribution in [2.75, 3.05) is 20.2 Å². The van der Waals surface area contributed by atoms with Crippen LogP contribution in [0.3, 0.4) is 0 Å². The first-order valence-corrected chi connectivity index (χ1v) is 10.2. The fourth-order valence-electron chi connectivity index (χ4n) is 3.36. The van der Waals surface area contributed by atoms with Gasteiger partial charge >= 0.3 is 0 Å². The summed E-state index contributed by atoms with van der Waals surface area (Å²) in [7, 11) is -2.20. The van der Waals surface area contributed by atoms with E-state index in [4.69, 9.17) is 4.74 Å². The SMILES string of the molecule is CCC1CCCCN1C(=O)CNS(=O)(=O)c1cc(C)c(OC)cc1C. The molecule has 1 aliphatic heterocycles. The Hall–Kier alpha value is -1.60. The van der Waals surface area contributed by atoms with Crippen LogP contribution in [0.5, 0.6) is 5.75 Å². The van der Waals surface area contributed by atoms with Crippen LogP contribution < -0.4 is 9.46 Å². The molecule has 1 aliphatic rings. The lowest BCUT2D eigenvalue weighted by Gasteiger charge is -2.35. The highest BCUT2D eigenvalue weighted by Crippen LogP contribution is 2.25. The first-order valence-electron chi connectivity index (χ1n) is 8.74. The second-order valence-corrected chi connectivity index (χ2v) is 8.29. The van der Waals surface area contributed by atoms with Gasteiger partial charge in [0, 0.05) is 12.6 Å². The van der Waals surface area contributed by atoms with Crippen LogP contribution in [-0.4, -0.2) is 45.5 Å². The third kappa shape index (κ3) is 4.52. The number of rotatable bonds is 6. The fraction of sp³-hybridized carbons (Fsp3) is 0.611. The van der Waals surface area contributed by atoms with E-state index < -0.39 is 10.0 Å². The molecule has 7 heteroatoms. The predicted molar refractivity (Wildman–Crippen MR) is 97.3 cm³/mol. The second kappa shape index (κ2) is 8.19. The van der Waals surface area contributed by atoms with Crippen molar-refractivity contribution in [3.8, 4) is 5.75 Å². The summed E-state index contributed by atoms with van der Waals surface area (Å²) < 4.78 is 32.9. The van der Waals surface area contributed by atoms with Crippen LogP contribution >= 0.6 is 0 Å². The lowest BCUT2D eigenvalue weighted by Crippen LogP contribution is -2.47. The Kier molecular flexibility index (Phi) is 6.46. The number of likely N-dealkylation sites (tertiary alicyclic amines) is 1. The number of nitrogens with one attached hydrogen (secondary N) is 1. The number of amides is 1. The van der Waals surface area contributed by atoms with E-state index in [0.717, 1.165) is 31.2 Å². The molecule has 0 spiro atoms. The maximum atomic E-state index is 12.6. The van der Waals surface area contributed by atoms with Gasteiger partial charge in [-0.3, -0.25) is 4.79 Å². The lowest BCUT2D eigenvalue weighted by molar-refractivity contribution is -0.133. The average Bonchev–Trinajstić information content (AvgIpc) is 2.61. The Morgan fingerprint density at radius 1 is 1.28 bits per heavy atom. The van der Waals surface area contributed by atoms with Crippen LogP contribution in [-0.2, 0) is 14.8 Å². The fourth-order valence-corrected chi connectivity index (χ4v) is 4.65. The molecule has 140 valence electrons. The lowest BCUT2D eigenvalue weighted by atomic mass is 10.00. The minimum atomic E-state index is -3.75. The van der Waals surface area contributed by atoms with Crippen molar-refractivity contribution >= 4 is 15.9 Å². The van der Waals surface area contributed by atoms with E-state index in [-0.39, 0.29) is 23.4 Å². The largest absolute Gasteiger partial charge is 0.496 e. The molecule has 1 aromatic rings. The van der Waals surface area contributed by atoms with Crippen LogP contribution in [0, 0.1) is 13.8 Å². The molecule has 0 radical (unpaired) electrons. The van der Waals surface area contributed by atoms with Gasteiger partial charge in [-0.2, -0.15) is 0 Å². The van der Waals surface area contributed by atoms with Crippen LogP contribution in [0.4, 0.5) is 0 Å². The Morgan fingerprint density at radius 3 is 2.64 bits per heavy atom. The molecule has 1 aromatic carbocycles. The van der Waals surface area contributed by atoms with Crippen molar-refractivity contribution < 1.29 is 17.9 Å². The van der Waals surface area contributed by atoms with Gasteiger partial charge in [0.2, 0.25) is 15.9 Å². The third-order valence-corrected chi connectivity index (χ3v) is 6.36. The normalized spacial score (nSPS) is 18.2. The topological polar surface area (TPSA) is 75.7 Å². The summed E-state index contributed by atoms with van der Waals surface area (Å²) in [6.07, 6.45) is 3.99. The summed E-state index contributed by atoms with van der Waals surface area (Å²) in [5.74, 6) is 0.490. The van der Waals surface area contributed by atoms with E-state index in [9.17, 15) is 13.2 Å². The van der Waals surface area contributed by atoms with Crippen LogP contribution in [0.15, 0.2) is 17.0 Å².